The number of hydrogen-bond donors (Lipinski definition) is 1. The van der Waals surface area contributed by atoms with Crippen LogP contribution in [0.3, 0.4) is 0 Å². The number of piperazine rings is 1. The lowest BCUT2D eigenvalue weighted by Gasteiger charge is -2.26. The van der Waals surface area contributed by atoms with Gasteiger partial charge >= 0.3 is 0 Å². The number of hydrogen-bond acceptors (Lipinski definition) is 5. The predicted molar refractivity (Wildman–Crippen MR) is 85.1 cm³/mol. The third-order valence-corrected chi connectivity index (χ3v) is 4.54. The molecule has 1 aliphatic heterocycles. The third kappa shape index (κ3) is 3.25. The zero-order valence-electron chi connectivity index (χ0n) is 12.0. The Morgan fingerprint density at radius 2 is 2.10 bits per heavy atom. The molecule has 0 unspecified atom stereocenters. The summed E-state index contributed by atoms with van der Waals surface area (Å²) >= 11 is 1.45. The minimum atomic E-state index is 0. The zero-order chi connectivity index (χ0) is 14.1. The van der Waals surface area contributed by atoms with Gasteiger partial charge in [0.15, 0.2) is 0 Å². The maximum atomic E-state index is 12.5. The summed E-state index contributed by atoms with van der Waals surface area (Å²) in [4.78, 5) is 19.7. The van der Waals surface area contributed by atoms with Gasteiger partial charge in [0.2, 0.25) is 0 Å². The van der Waals surface area contributed by atoms with Crippen LogP contribution in [0.2, 0.25) is 0 Å². The summed E-state index contributed by atoms with van der Waals surface area (Å²) in [6, 6.07) is 0. The molecule has 3 rings (SSSR count). The van der Waals surface area contributed by atoms with Crippen LogP contribution in [0.15, 0.2) is 12.4 Å². The number of aryl methyl sites for hydroxylation is 2. The van der Waals surface area contributed by atoms with Crippen LogP contribution in [-0.2, 0) is 7.05 Å². The van der Waals surface area contributed by atoms with E-state index >= 15 is 0 Å². The molecule has 0 spiro atoms. The lowest BCUT2D eigenvalue weighted by molar-refractivity contribution is 0.0740. The van der Waals surface area contributed by atoms with Crippen LogP contribution >= 0.6 is 23.7 Å². The summed E-state index contributed by atoms with van der Waals surface area (Å²) in [6.45, 7) is 5.14. The Bertz CT molecular complexity index is 632. The topological polar surface area (TPSA) is 63.1 Å². The molecule has 21 heavy (non-hydrogen) atoms. The van der Waals surface area contributed by atoms with Crippen molar-refractivity contribution in [2.45, 2.75) is 6.92 Å². The highest BCUT2D eigenvalue weighted by atomic mass is 35.5. The maximum absolute atomic E-state index is 12.5. The first-order valence-electron chi connectivity index (χ1n) is 6.61. The van der Waals surface area contributed by atoms with E-state index in [1.807, 2.05) is 25.1 Å². The molecule has 0 radical (unpaired) electrons. The van der Waals surface area contributed by atoms with Crippen LogP contribution in [0, 0.1) is 6.92 Å². The molecule has 2 aromatic heterocycles. The quantitative estimate of drug-likeness (QED) is 0.903. The average molecular weight is 328 g/mol. The van der Waals surface area contributed by atoms with E-state index < -0.39 is 0 Å². The molecule has 1 aliphatic rings. The van der Waals surface area contributed by atoms with Gasteiger partial charge in [-0.2, -0.15) is 5.10 Å². The highest BCUT2D eigenvalue weighted by molar-refractivity contribution is 7.17. The molecule has 3 heterocycles. The van der Waals surface area contributed by atoms with Gasteiger partial charge in [0, 0.05) is 45.0 Å². The van der Waals surface area contributed by atoms with Crippen molar-refractivity contribution in [2.75, 3.05) is 26.2 Å². The van der Waals surface area contributed by atoms with Crippen LogP contribution in [-0.4, -0.2) is 51.8 Å². The van der Waals surface area contributed by atoms with Crippen molar-refractivity contribution in [1.29, 1.82) is 0 Å². The number of thiazole rings is 1. The van der Waals surface area contributed by atoms with Crippen molar-refractivity contribution in [1.82, 2.24) is 25.0 Å². The first-order valence-corrected chi connectivity index (χ1v) is 7.43. The van der Waals surface area contributed by atoms with Crippen molar-refractivity contribution < 1.29 is 4.79 Å². The number of nitrogens with zero attached hydrogens (tertiary/aromatic N) is 4. The minimum absolute atomic E-state index is 0. The first-order chi connectivity index (χ1) is 9.65. The Balaban J connectivity index is 0.00000161. The smallest absolute Gasteiger partial charge is 0.265 e. The molecule has 0 atom stereocenters. The maximum Gasteiger partial charge on any atom is 0.265 e. The summed E-state index contributed by atoms with van der Waals surface area (Å²) in [5.41, 5.74) is 1.76. The van der Waals surface area contributed by atoms with Crippen LogP contribution in [0.1, 0.15) is 15.4 Å². The van der Waals surface area contributed by atoms with Gasteiger partial charge in [0.1, 0.15) is 9.88 Å². The fourth-order valence-electron chi connectivity index (χ4n) is 2.26. The van der Waals surface area contributed by atoms with Crippen molar-refractivity contribution in [3.63, 3.8) is 0 Å². The number of rotatable bonds is 2. The van der Waals surface area contributed by atoms with Crippen LogP contribution < -0.4 is 5.32 Å². The number of nitrogens with one attached hydrogen (secondary N) is 1. The Hall–Kier alpha value is -1.44. The molecule has 1 fully saturated rings. The molecule has 0 aliphatic carbocycles. The van der Waals surface area contributed by atoms with Gasteiger partial charge in [-0.1, -0.05) is 0 Å². The summed E-state index contributed by atoms with van der Waals surface area (Å²) in [6.07, 6.45) is 3.69. The molecule has 0 saturated carbocycles. The SMILES string of the molecule is Cc1nc(-c2cnn(C)c2)sc1C(=O)N1CCNCC1.Cl. The van der Waals surface area contributed by atoms with Crippen LogP contribution in [0.5, 0.6) is 0 Å². The van der Waals surface area contributed by atoms with Crippen molar-refractivity contribution >= 4 is 29.7 Å². The van der Waals surface area contributed by atoms with E-state index in [1.165, 1.54) is 11.3 Å². The monoisotopic (exact) mass is 327 g/mol. The lowest BCUT2D eigenvalue weighted by atomic mass is 10.3. The Kier molecular flexibility index (Phi) is 4.97. The van der Waals surface area contributed by atoms with Gasteiger partial charge in [-0.25, -0.2) is 4.98 Å². The number of amides is 1. The third-order valence-electron chi connectivity index (χ3n) is 3.35. The van der Waals surface area contributed by atoms with Crippen molar-refractivity contribution in [3.8, 4) is 10.6 Å². The summed E-state index contributed by atoms with van der Waals surface area (Å²) in [5, 5.41) is 8.25. The normalized spacial score (nSPS) is 14.9. The number of carbonyl (C=O) groups excluding carboxylic acids is 1. The molecule has 0 bridgehead atoms. The van der Waals surface area contributed by atoms with Gasteiger partial charge in [-0.15, -0.1) is 23.7 Å². The fourth-order valence-corrected chi connectivity index (χ4v) is 3.27. The van der Waals surface area contributed by atoms with Gasteiger partial charge in [-0.05, 0) is 6.92 Å². The number of halogens is 1. The largest absolute Gasteiger partial charge is 0.335 e. The average Bonchev–Trinajstić information content (AvgIpc) is 3.05. The van der Waals surface area contributed by atoms with E-state index in [1.54, 1.807) is 10.9 Å². The van der Waals surface area contributed by atoms with Gasteiger partial charge < -0.3 is 10.2 Å². The zero-order valence-corrected chi connectivity index (χ0v) is 13.6. The molecule has 1 N–H and O–H groups in total. The number of aromatic nitrogens is 3. The predicted octanol–water partition coefficient (Wildman–Crippen LogP) is 1.32. The number of carbonyl (C=O) groups is 1. The molecule has 0 aromatic carbocycles. The van der Waals surface area contributed by atoms with E-state index in [9.17, 15) is 4.79 Å². The Morgan fingerprint density at radius 1 is 1.38 bits per heavy atom. The lowest BCUT2D eigenvalue weighted by Crippen LogP contribution is -2.46. The molecule has 6 nitrogen and oxygen atoms in total. The Morgan fingerprint density at radius 3 is 2.71 bits per heavy atom. The van der Waals surface area contributed by atoms with E-state index in [4.69, 9.17) is 0 Å². The Labute approximate surface area is 133 Å². The highest BCUT2D eigenvalue weighted by Gasteiger charge is 2.23. The molecular weight excluding hydrogens is 310 g/mol. The highest BCUT2D eigenvalue weighted by Crippen LogP contribution is 2.28. The van der Waals surface area contributed by atoms with E-state index in [0.717, 1.165) is 47.3 Å². The standard InChI is InChI=1S/C13H17N5OS.ClH/c1-9-11(13(19)18-5-3-14-4-6-18)20-12(16-9)10-7-15-17(2)8-10;/h7-8,14H,3-6H2,1-2H3;1H. The minimum Gasteiger partial charge on any atom is -0.335 e. The summed E-state index contributed by atoms with van der Waals surface area (Å²) < 4.78 is 1.74. The van der Waals surface area contributed by atoms with E-state index in [-0.39, 0.29) is 18.3 Å². The first kappa shape index (κ1) is 15.9. The second-order valence-electron chi connectivity index (χ2n) is 4.88. The second-order valence-corrected chi connectivity index (χ2v) is 5.88. The van der Waals surface area contributed by atoms with Crippen LogP contribution in [0.25, 0.3) is 10.6 Å². The molecule has 2 aromatic rings. The van der Waals surface area contributed by atoms with Gasteiger partial charge in [0.25, 0.3) is 5.91 Å². The molecular formula is C13H18ClN5OS. The van der Waals surface area contributed by atoms with Gasteiger partial charge in [-0.3, -0.25) is 9.48 Å². The molecule has 8 heteroatoms. The van der Waals surface area contributed by atoms with Gasteiger partial charge in [0.05, 0.1) is 11.9 Å². The van der Waals surface area contributed by atoms with Crippen molar-refractivity contribution in [2.24, 2.45) is 7.05 Å². The molecule has 1 saturated heterocycles. The molecule has 114 valence electrons. The van der Waals surface area contributed by atoms with E-state index in [0.29, 0.717) is 0 Å². The summed E-state index contributed by atoms with van der Waals surface area (Å²) in [7, 11) is 1.87. The summed E-state index contributed by atoms with van der Waals surface area (Å²) in [5.74, 6) is 0.0941. The van der Waals surface area contributed by atoms with Crippen molar-refractivity contribution in [3.05, 3.63) is 23.0 Å². The van der Waals surface area contributed by atoms with E-state index in [2.05, 4.69) is 15.4 Å². The fraction of sp³-hybridized carbons (Fsp3) is 0.462. The molecule has 1 amide bonds. The van der Waals surface area contributed by atoms with Crippen LogP contribution in [0.4, 0.5) is 0 Å². The second kappa shape index (κ2) is 6.55.